The first-order chi connectivity index (χ1) is 9.47. The second-order valence-electron chi connectivity index (χ2n) is 4.00. The van der Waals surface area contributed by atoms with E-state index in [0.717, 1.165) is 18.2 Å². The number of carbonyl (C=O) groups excluding carboxylic acids is 1. The third kappa shape index (κ3) is 2.89. The molecular formula is C13H10FN3O3. The van der Waals surface area contributed by atoms with Gasteiger partial charge in [-0.05, 0) is 30.3 Å². The van der Waals surface area contributed by atoms with Gasteiger partial charge in [-0.25, -0.2) is 4.39 Å². The van der Waals surface area contributed by atoms with E-state index in [0.29, 0.717) is 11.4 Å². The number of rotatable bonds is 3. The Morgan fingerprint density at radius 3 is 2.45 bits per heavy atom. The minimum atomic E-state index is -0.830. The van der Waals surface area contributed by atoms with Crippen molar-refractivity contribution < 1.29 is 14.1 Å². The lowest BCUT2D eigenvalue weighted by atomic mass is 10.1. The van der Waals surface area contributed by atoms with E-state index in [9.17, 15) is 19.3 Å². The highest BCUT2D eigenvalue weighted by Crippen LogP contribution is 2.19. The summed E-state index contributed by atoms with van der Waals surface area (Å²) in [6, 6.07) is 9.00. The number of hydrogen-bond acceptors (Lipinski definition) is 4. The van der Waals surface area contributed by atoms with Crippen molar-refractivity contribution in [1.82, 2.24) is 0 Å². The SMILES string of the molecule is Nc1ccc(NC(=O)c2cc([N+](=O)[O-])ccc2F)cc1. The zero-order valence-electron chi connectivity index (χ0n) is 10.2. The van der Waals surface area contributed by atoms with Crippen molar-refractivity contribution in [3.05, 3.63) is 64.0 Å². The number of anilines is 2. The molecule has 0 aliphatic rings. The van der Waals surface area contributed by atoms with Gasteiger partial charge in [0.2, 0.25) is 0 Å². The van der Waals surface area contributed by atoms with E-state index < -0.39 is 22.2 Å². The van der Waals surface area contributed by atoms with Gasteiger partial charge in [-0.1, -0.05) is 0 Å². The number of nitrogens with two attached hydrogens (primary N) is 1. The van der Waals surface area contributed by atoms with Crippen LogP contribution in [0.3, 0.4) is 0 Å². The molecule has 0 aromatic heterocycles. The minimum Gasteiger partial charge on any atom is -0.399 e. The standard InChI is InChI=1S/C13H10FN3O3/c14-12-6-5-10(17(19)20)7-11(12)13(18)16-9-3-1-8(15)2-4-9/h1-7H,15H2,(H,16,18). The first-order valence-corrected chi connectivity index (χ1v) is 5.58. The van der Waals surface area contributed by atoms with E-state index in [4.69, 9.17) is 5.73 Å². The Morgan fingerprint density at radius 2 is 1.85 bits per heavy atom. The van der Waals surface area contributed by atoms with Gasteiger partial charge in [-0.3, -0.25) is 14.9 Å². The molecule has 2 rings (SSSR count). The van der Waals surface area contributed by atoms with E-state index in [1.807, 2.05) is 0 Å². The first kappa shape index (κ1) is 13.5. The average Bonchev–Trinajstić information content (AvgIpc) is 2.41. The van der Waals surface area contributed by atoms with Gasteiger partial charge in [0.1, 0.15) is 5.82 Å². The molecule has 0 unspecified atom stereocenters. The van der Waals surface area contributed by atoms with Crippen LogP contribution in [0.5, 0.6) is 0 Å². The van der Waals surface area contributed by atoms with Gasteiger partial charge >= 0.3 is 0 Å². The van der Waals surface area contributed by atoms with Gasteiger partial charge in [-0.15, -0.1) is 0 Å². The third-order valence-corrected chi connectivity index (χ3v) is 2.57. The number of hydrogen-bond donors (Lipinski definition) is 2. The molecule has 2 aromatic rings. The molecule has 0 atom stereocenters. The van der Waals surface area contributed by atoms with Gasteiger partial charge < -0.3 is 11.1 Å². The van der Waals surface area contributed by atoms with Crippen LogP contribution >= 0.6 is 0 Å². The summed E-state index contributed by atoms with van der Waals surface area (Å²) >= 11 is 0. The lowest BCUT2D eigenvalue weighted by Gasteiger charge is -2.06. The predicted octanol–water partition coefficient (Wildman–Crippen LogP) is 2.57. The zero-order valence-corrected chi connectivity index (χ0v) is 10.2. The average molecular weight is 275 g/mol. The number of nitro groups is 1. The molecule has 7 heteroatoms. The number of amides is 1. The fraction of sp³-hybridized carbons (Fsp3) is 0. The van der Waals surface area contributed by atoms with Gasteiger partial charge in [0.15, 0.2) is 0 Å². The van der Waals surface area contributed by atoms with Crippen molar-refractivity contribution in [1.29, 1.82) is 0 Å². The van der Waals surface area contributed by atoms with E-state index in [1.54, 1.807) is 24.3 Å². The molecule has 0 spiro atoms. The number of nitrogen functional groups attached to an aromatic ring is 1. The van der Waals surface area contributed by atoms with Crippen LogP contribution in [0, 0.1) is 15.9 Å². The third-order valence-electron chi connectivity index (χ3n) is 2.57. The Hall–Kier alpha value is -2.96. The summed E-state index contributed by atoms with van der Waals surface area (Å²) in [6.07, 6.45) is 0. The summed E-state index contributed by atoms with van der Waals surface area (Å²) in [5.74, 6) is -1.60. The lowest BCUT2D eigenvalue weighted by Crippen LogP contribution is -2.14. The molecule has 0 heterocycles. The van der Waals surface area contributed by atoms with E-state index in [2.05, 4.69) is 5.32 Å². The summed E-state index contributed by atoms with van der Waals surface area (Å²) in [7, 11) is 0. The number of nitrogens with one attached hydrogen (secondary N) is 1. The van der Waals surface area contributed by atoms with Crippen molar-refractivity contribution in [2.24, 2.45) is 0 Å². The fourth-order valence-corrected chi connectivity index (χ4v) is 1.57. The first-order valence-electron chi connectivity index (χ1n) is 5.58. The van der Waals surface area contributed by atoms with Gasteiger partial charge in [-0.2, -0.15) is 0 Å². The Balaban J connectivity index is 2.26. The van der Waals surface area contributed by atoms with E-state index in [1.165, 1.54) is 0 Å². The molecular weight excluding hydrogens is 265 g/mol. The van der Waals surface area contributed by atoms with Crippen LogP contribution < -0.4 is 11.1 Å². The molecule has 1 amide bonds. The highest BCUT2D eigenvalue weighted by molar-refractivity contribution is 6.04. The highest BCUT2D eigenvalue weighted by atomic mass is 19.1. The molecule has 20 heavy (non-hydrogen) atoms. The van der Waals surface area contributed by atoms with Crippen molar-refractivity contribution in [2.75, 3.05) is 11.1 Å². The molecule has 0 aliphatic heterocycles. The fourth-order valence-electron chi connectivity index (χ4n) is 1.57. The Labute approximate surface area is 113 Å². The summed E-state index contributed by atoms with van der Waals surface area (Å²) in [5.41, 5.74) is 5.68. The molecule has 102 valence electrons. The van der Waals surface area contributed by atoms with Gasteiger partial charge in [0.05, 0.1) is 10.5 Å². The number of nitrogens with zero attached hydrogens (tertiary/aromatic N) is 1. The maximum Gasteiger partial charge on any atom is 0.270 e. The van der Waals surface area contributed by atoms with Crippen molar-refractivity contribution in [3.8, 4) is 0 Å². The molecule has 0 aliphatic carbocycles. The summed E-state index contributed by atoms with van der Waals surface area (Å²) in [4.78, 5) is 21.8. The molecule has 0 saturated heterocycles. The second-order valence-corrected chi connectivity index (χ2v) is 4.00. The van der Waals surface area contributed by atoms with Crippen molar-refractivity contribution in [3.63, 3.8) is 0 Å². The molecule has 0 bridgehead atoms. The quantitative estimate of drug-likeness (QED) is 0.511. The monoisotopic (exact) mass is 275 g/mol. The van der Waals surface area contributed by atoms with E-state index in [-0.39, 0.29) is 5.69 Å². The topological polar surface area (TPSA) is 98.3 Å². The zero-order chi connectivity index (χ0) is 14.7. The molecule has 0 saturated carbocycles. The van der Waals surface area contributed by atoms with Crippen LogP contribution in [0.25, 0.3) is 0 Å². The number of nitro benzene ring substituents is 1. The normalized spacial score (nSPS) is 10.1. The Morgan fingerprint density at radius 1 is 1.20 bits per heavy atom. The largest absolute Gasteiger partial charge is 0.399 e. The van der Waals surface area contributed by atoms with Gasteiger partial charge in [0.25, 0.3) is 11.6 Å². The predicted molar refractivity (Wildman–Crippen MR) is 71.9 cm³/mol. The maximum atomic E-state index is 13.5. The number of benzene rings is 2. The Bertz CT molecular complexity index is 671. The van der Waals surface area contributed by atoms with Gasteiger partial charge in [0, 0.05) is 23.5 Å². The maximum absolute atomic E-state index is 13.5. The van der Waals surface area contributed by atoms with Crippen LogP contribution in [0.15, 0.2) is 42.5 Å². The summed E-state index contributed by atoms with van der Waals surface area (Å²) in [6.45, 7) is 0. The van der Waals surface area contributed by atoms with Crippen molar-refractivity contribution >= 4 is 23.0 Å². The molecule has 3 N–H and O–H groups in total. The van der Waals surface area contributed by atoms with Crippen LogP contribution in [0.2, 0.25) is 0 Å². The molecule has 0 radical (unpaired) electrons. The Kier molecular flexibility index (Phi) is 3.60. The van der Waals surface area contributed by atoms with E-state index >= 15 is 0 Å². The highest BCUT2D eigenvalue weighted by Gasteiger charge is 2.16. The number of halogens is 1. The number of non-ortho nitro benzene ring substituents is 1. The smallest absolute Gasteiger partial charge is 0.270 e. The summed E-state index contributed by atoms with van der Waals surface area (Å²) in [5, 5.41) is 13.1. The van der Waals surface area contributed by atoms with Crippen molar-refractivity contribution in [2.45, 2.75) is 0 Å². The van der Waals surface area contributed by atoms with Crippen LogP contribution in [0.1, 0.15) is 10.4 Å². The number of carbonyl (C=O) groups is 1. The molecule has 6 nitrogen and oxygen atoms in total. The molecule has 0 fully saturated rings. The van der Waals surface area contributed by atoms with Crippen LogP contribution in [0.4, 0.5) is 21.5 Å². The summed E-state index contributed by atoms with van der Waals surface area (Å²) < 4.78 is 13.5. The minimum absolute atomic E-state index is 0.353. The van der Waals surface area contributed by atoms with Crippen LogP contribution in [-0.4, -0.2) is 10.8 Å². The second kappa shape index (κ2) is 5.35. The lowest BCUT2D eigenvalue weighted by molar-refractivity contribution is -0.384. The molecule has 2 aromatic carbocycles. The van der Waals surface area contributed by atoms with Crippen LogP contribution in [-0.2, 0) is 0 Å².